The fourth-order valence-corrected chi connectivity index (χ4v) is 4.00. The van der Waals surface area contributed by atoms with Crippen molar-refractivity contribution in [3.05, 3.63) is 113 Å². The van der Waals surface area contributed by atoms with E-state index in [1.165, 1.54) is 11.6 Å². The molecule has 272 valence electrons. The summed E-state index contributed by atoms with van der Waals surface area (Å²) in [5.74, 6) is -0.380. The van der Waals surface area contributed by atoms with Crippen LogP contribution < -0.4 is 10.1 Å². The van der Waals surface area contributed by atoms with E-state index in [2.05, 4.69) is 71.3 Å². The second-order valence-electron chi connectivity index (χ2n) is 11.5. The molecule has 4 nitrogen and oxygen atoms in total. The number of carbonyl (C=O) groups is 1. The number of alkyl halides is 2. The minimum atomic E-state index is -2.88. The van der Waals surface area contributed by atoms with E-state index in [9.17, 15) is 13.2 Å². The molecule has 0 aliphatic heterocycles. The lowest BCUT2D eigenvalue weighted by molar-refractivity contribution is -0.0980. The quantitative estimate of drug-likeness (QED) is 0.114. The van der Waals surface area contributed by atoms with E-state index in [4.69, 9.17) is 9.53 Å². The highest BCUT2D eigenvalue weighted by Crippen LogP contribution is 2.35. The lowest BCUT2D eigenvalue weighted by Crippen LogP contribution is -2.40. The maximum Gasteiger partial charge on any atom is 0.267 e. The number of halogens is 3. The Hall–Kier alpha value is -3.74. The van der Waals surface area contributed by atoms with Crippen LogP contribution in [0.1, 0.15) is 121 Å². The van der Waals surface area contributed by atoms with Gasteiger partial charge in [-0.1, -0.05) is 89.6 Å². The van der Waals surface area contributed by atoms with E-state index in [0.29, 0.717) is 12.4 Å². The number of allylic oxidation sites excluding steroid dienone is 7. The fourth-order valence-electron chi connectivity index (χ4n) is 4.00. The summed E-state index contributed by atoms with van der Waals surface area (Å²) >= 11 is 0. The Labute approximate surface area is 291 Å². The Bertz CT molecular complexity index is 1250. The number of carbonyl (C=O) groups excluding carboxylic acids is 1. The highest BCUT2D eigenvalue weighted by atomic mass is 19.3. The first-order valence-corrected chi connectivity index (χ1v) is 16.9. The minimum Gasteiger partial charge on any atom is -0.440 e. The summed E-state index contributed by atoms with van der Waals surface area (Å²) in [6.07, 6.45) is 10.9. The molecule has 7 heteroatoms. The second-order valence-corrected chi connectivity index (χ2v) is 11.5. The second kappa shape index (κ2) is 27.2. The highest BCUT2D eigenvalue weighted by Gasteiger charge is 2.27. The molecular formula is C41H65F3N2O2. The molecule has 0 aromatic heterocycles. The van der Waals surface area contributed by atoms with E-state index in [1.807, 2.05) is 79.4 Å². The van der Waals surface area contributed by atoms with Gasteiger partial charge in [0.2, 0.25) is 0 Å². The normalized spacial score (nSPS) is 12.7. The van der Waals surface area contributed by atoms with Crippen LogP contribution in [0.5, 0.6) is 5.75 Å². The third kappa shape index (κ3) is 18.0. The first kappa shape index (κ1) is 48.7. The monoisotopic (exact) mass is 674 g/mol. The molecule has 0 heterocycles. The molecule has 0 saturated heterocycles. The maximum atomic E-state index is 13.9. The van der Waals surface area contributed by atoms with Crippen molar-refractivity contribution in [1.82, 2.24) is 10.2 Å². The van der Waals surface area contributed by atoms with Crippen molar-refractivity contribution in [2.24, 2.45) is 0 Å². The molecule has 1 aromatic rings. The Kier molecular flexibility index (Phi) is 27.6. The molecule has 1 aromatic carbocycles. The first-order chi connectivity index (χ1) is 22.6. The van der Waals surface area contributed by atoms with Crippen LogP contribution in [0.15, 0.2) is 101 Å². The number of hydrogen-bond donors (Lipinski definition) is 1. The fraction of sp³-hybridized carbons (Fsp3) is 0.488. The molecule has 0 unspecified atom stereocenters. The molecular weight excluding hydrogens is 609 g/mol. The van der Waals surface area contributed by atoms with Gasteiger partial charge in [0.1, 0.15) is 18.4 Å². The van der Waals surface area contributed by atoms with Crippen LogP contribution in [-0.2, 0) is 4.79 Å². The summed E-state index contributed by atoms with van der Waals surface area (Å²) in [5.41, 5.74) is 5.08. The Morgan fingerprint density at radius 1 is 1.02 bits per heavy atom. The van der Waals surface area contributed by atoms with Crippen molar-refractivity contribution in [1.29, 1.82) is 0 Å². The molecule has 48 heavy (non-hydrogen) atoms. The van der Waals surface area contributed by atoms with Crippen LogP contribution in [0.2, 0.25) is 0 Å². The molecule has 0 saturated carbocycles. The molecule has 0 atom stereocenters. The Morgan fingerprint density at radius 2 is 1.58 bits per heavy atom. The number of hydrogen-bond acceptors (Lipinski definition) is 4. The molecule has 0 spiro atoms. The standard InChI is InChI=1S/C34H49F3N2O.C4H8.C2H6.CH2O/c1-12-16-29(38-22-23(5)17-18-26(14-3)15-4)31(24(6)13-2)25(7)33(39(11)34(8,9)10)40-30-20-19-27(35)21-28(30)32(36)37;1-3-4-2;2*1-2/h14,16-21,32,38H,5,12-13,15,22H2,1-4,6-11H3;3H,1,4H2,2H3;1-2H3;1H2/b18-17-,26-14-,29-16+,31-24?,33-25+;;;. The summed E-state index contributed by atoms with van der Waals surface area (Å²) in [4.78, 5) is 9.93. The van der Waals surface area contributed by atoms with Crippen molar-refractivity contribution in [3.8, 4) is 5.75 Å². The predicted molar refractivity (Wildman–Crippen MR) is 203 cm³/mol. The summed E-state index contributed by atoms with van der Waals surface area (Å²) in [7, 11) is 1.87. The number of nitrogens with zero attached hydrogens (tertiary/aromatic N) is 1. The third-order valence-corrected chi connectivity index (χ3v) is 7.16. The number of ether oxygens (including phenoxy) is 1. The van der Waals surface area contributed by atoms with Crippen LogP contribution >= 0.6 is 0 Å². The molecule has 0 radical (unpaired) electrons. The highest BCUT2D eigenvalue weighted by molar-refractivity contribution is 5.50. The van der Waals surface area contributed by atoms with Crippen LogP contribution in [-0.4, -0.2) is 30.8 Å². The Balaban J connectivity index is -0.00000230. The summed E-state index contributed by atoms with van der Waals surface area (Å²) in [5, 5.41) is 3.57. The van der Waals surface area contributed by atoms with Crippen molar-refractivity contribution in [3.63, 3.8) is 0 Å². The van der Waals surface area contributed by atoms with Crippen LogP contribution in [0.25, 0.3) is 0 Å². The zero-order valence-electron chi connectivity index (χ0n) is 32.3. The van der Waals surface area contributed by atoms with Gasteiger partial charge < -0.3 is 19.7 Å². The van der Waals surface area contributed by atoms with E-state index < -0.39 is 23.3 Å². The zero-order chi connectivity index (χ0) is 38.0. The van der Waals surface area contributed by atoms with Crippen molar-refractivity contribution in [2.45, 2.75) is 121 Å². The largest absolute Gasteiger partial charge is 0.440 e. The summed E-state index contributed by atoms with van der Waals surface area (Å²) in [6, 6.07) is 3.24. The number of nitrogens with one attached hydrogen (secondary N) is 1. The smallest absolute Gasteiger partial charge is 0.267 e. The average Bonchev–Trinajstić information content (AvgIpc) is 3.07. The van der Waals surface area contributed by atoms with E-state index in [1.54, 1.807) is 0 Å². The molecule has 0 aliphatic carbocycles. The van der Waals surface area contributed by atoms with Crippen molar-refractivity contribution < 1.29 is 22.7 Å². The SMILES string of the molecule is C=C(/C=C\C(=C/C)CC)CN/C(=C/CC)C(=C(C)CC)/C(C)=C(/Oc1ccc(F)cc1C(F)F)N(C)C(C)(C)C.C=CCC.C=O.CC. The van der Waals surface area contributed by atoms with Gasteiger partial charge in [-0.25, -0.2) is 13.2 Å². The van der Waals surface area contributed by atoms with Gasteiger partial charge in [-0.3, -0.25) is 0 Å². The molecule has 1 rings (SSSR count). The predicted octanol–water partition coefficient (Wildman–Crippen LogP) is 12.6. The van der Waals surface area contributed by atoms with E-state index >= 15 is 0 Å². The number of rotatable bonds is 15. The van der Waals surface area contributed by atoms with Crippen LogP contribution in [0.3, 0.4) is 0 Å². The molecule has 1 N–H and O–H groups in total. The van der Waals surface area contributed by atoms with Gasteiger partial charge in [-0.05, 0) is 91.0 Å². The summed E-state index contributed by atoms with van der Waals surface area (Å²) in [6.45, 7) is 34.7. The third-order valence-electron chi connectivity index (χ3n) is 7.16. The maximum absolute atomic E-state index is 13.9. The van der Waals surface area contributed by atoms with E-state index in [0.717, 1.165) is 65.8 Å². The zero-order valence-corrected chi connectivity index (χ0v) is 32.3. The lowest BCUT2D eigenvalue weighted by atomic mass is 9.95. The van der Waals surface area contributed by atoms with Gasteiger partial charge in [0.15, 0.2) is 5.88 Å². The topological polar surface area (TPSA) is 41.6 Å². The van der Waals surface area contributed by atoms with Gasteiger partial charge in [0.05, 0.1) is 5.56 Å². The average molecular weight is 675 g/mol. The van der Waals surface area contributed by atoms with Crippen LogP contribution in [0.4, 0.5) is 13.2 Å². The molecule has 0 amide bonds. The molecule has 0 fully saturated rings. The molecule has 0 aliphatic rings. The van der Waals surface area contributed by atoms with E-state index in [-0.39, 0.29) is 5.75 Å². The molecule has 0 bridgehead atoms. The van der Waals surface area contributed by atoms with Gasteiger partial charge in [0.25, 0.3) is 6.43 Å². The van der Waals surface area contributed by atoms with Crippen molar-refractivity contribution in [2.75, 3.05) is 13.6 Å². The lowest BCUT2D eigenvalue weighted by Gasteiger charge is -2.37. The van der Waals surface area contributed by atoms with Gasteiger partial charge in [0, 0.05) is 36.0 Å². The van der Waals surface area contributed by atoms with Gasteiger partial charge >= 0.3 is 0 Å². The van der Waals surface area contributed by atoms with Crippen LogP contribution in [0, 0.1) is 5.82 Å². The summed E-state index contributed by atoms with van der Waals surface area (Å²) < 4.78 is 47.9. The minimum absolute atomic E-state index is 0.0708. The van der Waals surface area contributed by atoms with Gasteiger partial charge in [-0.15, -0.1) is 6.58 Å². The number of benzene rings is 1. The first-order valence-electron chi connectivity index (χ1n) is 16.9. The van der Waals surface area contributed by atoms with Crippen molar-refractivity contribution >= 4 is 6.79 Å². The van der Waals surface area contributed by atoms with Gasteiger partial charge in [-0.2, -0.15) is 0 Å². The Morgan fingerprint density at radius 3 is 2.00 bits per heavy atom.